The molecule has 5 nitrogen and oxygen atoms in total. The van der Waals surface area contributed by atoms with Gasteiger partial charge in [0.25, 0.3) is 0 Å². The number of nitrogens with one attached hydrogen (secondary N) is 1. The van der Waals surface area contributed by atoms with E-state index in [1.165, 1.54) is 11.8 Å². The molecule has 0 aromatic carbocycles. The van der Waals surface area contributed by atoms with Crippen LogP contribution in [-0.2, 0) is 4.79 Å². The molecular formula is C5H6N2O3S. The maximum Gasteiger partial charge on any atom is 0.338 e. The smallest absolute Gasteiger partial charge is 0.338 e. The Kier molecular flexibility index (Phi) is 2.48. The minimum absolute atomic E-state index is 0.265. The maximum atomic E-state index is 10.2. The summed E-state index contributed by atoms with van der Waals surface area (Å²) in [5.74, 6) is 0.778. The van der Waals surface area contributed by atoms with Crippen molar-refractivity contribution in [1.29, 1.82) is 0 Å². The topological polar surface area (TPSA) is 72.2 Å². The molecule has 0 aliphatic carbocycles. The summed E-state index contributed by atoms with van der Waals surface area (Å²) in [6.07, 6.45) is 0.265. The quantitative estimate of drug-likeness (QED) is 0.275. The van der Waals surface area contributed by atoms with Crippen LogP contribution < -0.4 is 5.32 Å². The second-order valence-electron chi connectivity index (χ2n) is 1.86. The Balaban J connectivity index is 2.87. The molecular weight excluding hydrogens is 168 g/mol. The Labute approximate surface area is 67.0 Å². The number of nitro groups is 1. The molecule has 0 spiro atoms. The summed E-state index contributed by atoms with van der Waals surface area (Å²) in [6, 6.07) is 0. The highest BCUT2D eigenvalue weighted by Gasteiger charge is 2.20. The fourth-order valence-electron chi connectivity index (χ4n) is 0.713. The fraction of sp³-hybridized carbons (Fsp3) is 0.400. The Hall–Kier alpha value is -1.04. The highest BCUT2D eigenvalue weighted by Crippen LogP contribution is 2.20. The number of hydrogen-bond donors (Lipinski definition) is 1. The van der Waals surface area contributed by atoms with Gasteiger partial charge in [0, 0.05) is 12.3 Å². The van der Waals surface area contributed by atoms with Crippen molar-refractivity contribution < 1.29 is 9.72 Å². The molecule has 0 aromatic heterocycles. The van der Waals surface area contributed by atoms with E-state index >= 15 is 0 Å². The van der Waals surface area contributed by atoms with E-state index in [1.54, 1.807) is 0 Å². The van der Waals surface area contributed by atoms with Crippen LogP contribution in [0.4, 0.5) is 0 Å². The molecule has 1 fully saturated rings. The molecule has 6 heteroatoms. The summed E-state index contributed by atoms with van der Waals surface area (Å²) in [5, 5.41) is 13.3. The minimum Gasteiger partial charge on any atom is -0.373 e. The first-order chi connectivity index (χ1) is 5.25. The van der Waals surface area contributed by atoms with Gasteiger partial charge < -0.3 is 5.32 Å². The fourth-order valence-corrected chi connectivity index (χ4v) is 1.60. The minimum atomic E-state index is -0.673. The molecule has 0 radical (unpaired) electrons. The lowest BCUT2D eigenvalue weighted by atomic mass is 10.5. The normalized spacial score (nSPS) is 20.7. The van der Waals surface area contributed by atoms with Gasteiger partial charge in [0.2, 0.25) is 6.29 Å². The SMILES string of the molecule is O=CC(=C1NCCS1)[N+](=O)[O-]. The summed E-state index contributed by atoms with van der Waals surface area (Å²) >= 11 is 1.30. The van der Waals surface area contributed by atoms with Crippen molar-refractivity contribution in [1.82, 2.24) is 5.32 Å². The highest BCUT2D eigenvalue weighted by molar-refractivity contribution is 8.03. The van der Waals surface area contributed by atoms with Gasteiger partial charge in [-0.3, -0.25) is 14.9 Å². The molecule has 11 heavy (non-hydrogen) atoms. The number of hydrogen-bond acceptors (Lipinski definition) is 5. The number of carbonyl (C=O) groups is 1. The third kappa shape index (κ3) is 1.70. The molecule has 0 unspecified atom stereocenters. The molecule has 0 atom stereocenters. The van der Waals surface area contributed by atoms with Crippen LogP contribution in [0.3, 0.4) is 0 Å². The van der Waals surface area contributed by atoms with Crippen molar-refractivity contribution in [3.63, 3.8) is 0 Å². The van der Waals surface area contributed by atoms with Crippen LogP contribution in [0.15, 0.2) is 10.7 Å². The van der Waals surface area contributed by atoms with Crippen molar-refractivity contribution in [2.75, 3.05) is 12.3 Å². The molecule has 1 aliphatic rings. The van der Waals surface area contributed by atoms with Crippen LogP contribution in [0.5, 0.6) is 0 Å². The second-order valence-corrected chi connectivity index (χ2v) is 2.97. The zero-order valence-corrected chi connectivity index (χ0v) is 6.39. The van der Waals surface area contributed by atoms with E-state index in [-0.39, 0.29) is 12.0 Å². The van der Waals surface area contributed by atoms with Gasteiger partial charge in [-0.2, -0.15) is 0 Å². The number of rotatable bonds is 2. The second kappa shape index (κ2) is 3.38. The van der Waals surface area contributed by atoms with Crippen LogP contribution in [-0.4, -0.2) is 23.5 Å². The highest BCUT2D eigenvalue weighted by atomic mass is 32.2. The van der Waals surface area contributed by atoms with Crippen LogP contribution in [0.1, 0.15) is 0 Å². The Morgan fingerprint density at radius 2 is 2.55 bits per heavy atom. The third-order valence-electron chi connectivity index (χ3n) is 1.17. The summed E-state index contributed by atoms with van der Waals surface area (Å²) < 4.78 is 0. The van der Waals surface area contributed by atoms with E-state index in [0.717, 1.165) is 5.75 Å². The van der Waals surface area contributed by atoms with Crippen LogP contribution in [0, 0.1) is 10.1 Å². The molecule has 1 heterocycles. The summed E-state index contributed by atoms with van der Waals surface area (Å²) in [7, 11) is 0. The molecule has 1 saturated heterocycles. The molecule has 0 saturated carbocycles. The molecule has 1 rings (SSSR count). The number of thioether (sulfide) groups is 1. The zero-order chi connectivity index (χ0) is 8.27. The predicted molar refractivity (Wildman–Crippen MR) is 40.5 cm³/mol. The standard InChI is InChI=1S/C5H6N2O3S/c8-3-4(7(9)10)5-6-1-2-11-5/h3,6H,1-2H2. The Morgan fingerprint density at radius 3 is 2.91 bits per heavy atom. The van der Waals surface area contributed by atoms with E-state index in [1.807, 2.05) is 0 Å². The van der Waals surface area contributed by atoms with E-state index < -0.39 is 4.92 Å². The number of nitrogens with zero attached hydrogens (tertiary/aromatic N) is 1. The van der Waals surface area contributed by atoms with Gasteiger partial charge in [0.1, 0.15) is 0 Å². The molecule has 0 aromatic rings. The molecule has 0 bridgehead atoms. The van der Waals surface area contributed by atoms with Crippen molar-refractivity contribution in [3.8, 4) is 0 Å². The molecule has 0 amide bonds. The predicted octanol–water partition coefficient (Wildman–Crippen LogP) is -0.0325. The van der Waals surface area contributed by atoms with Crippen LogP contribution >= 0.6 is 11.8 Å². The van der Waals surface area contributed by atoms with Crippen molar-refractivity contribution in [2.24, 2.45) is 0 Å². The molecule has 60 valence electrons. The van der Waals surface area contributed by atoms with Gasteiger partial charge in [0.05, 0.1) is 4.92 Å². The van der Waals surface area contributed by atoms with Gasteiger partial charge >= 0.3 is 5.70 Å². The van der Waals surface area contributed by atoms with Gasteiger partial charge in [-0.05, 0) is 0 Å². The van der Waals surface area contributed by atoms with Gasteiger partial charge in [-0.25, -0.2) is 0 Å². The number of aldehydes is 1. The van der Waals surface area contributed by atoms with Crippen LogP contribution in [0.25, 0.3) is 0 Å². The van der Waals surface area contributed by atoms with E-state index in [2.05, 4.69) is 5.32 Å². The van der Waals surface area contributed by atoms with E-state index in [4.69, 9.17) is 0 Å². The lowest BCUT2D eigenvalue weighted by molar-refractivity contribution is -0.418. The lowest BCUT2D eigenvalue weighted by Gasteiger charge is -1.94. The van der Waals surface area contributed by atoms with Crippen molar-refractivity contribution in [3.05, 3.63) is 20.8 Å². The van der Waals surface area contributed by atoms with Gasteiger partial charge in [-0.1, -0.05) is 11.8 Å². The van der Waals surface area contributed by atoms with Crippen molar-refractivity contribution >= 4 is 18.0 Å². The maximum absolute atomic E-state index is 10.2. The first kappa shape index (κ1) is 8.06. The summed E-state index contributed by atoms with van der Waals surface area (Å²) in [5.41, 5.74) is -0.368. The van der Waals surface area contributed by atoms with Crippen LogP contribution in [0.2, 0.25) is 0 Å². The molecule has 1 aliphatic heterocycles. The number of carbonyl (C=O) groups excluding carboxylic acids is 1. The monoisotopic (exact) mass is 174 g/mol. The van der Waals surface area contributed by atoms with E-state index in [0.29, 0.717) is 11.6 Å². The van der Waals surface area contributed by atoms with Gasteiger partial charge in [0.15, 0.2) is 5.03 Å². The van der Waals surface area contributed by atoms with E-state index in [9.17, 15) is 14.9 Å². The average Bonchev–Trinajstić information content (AvgIpc) is 2.40. The Bertz CT molecular complexity index is 218. The third-order valence-corrected chi connectivity index (χ3v) is 2.23. The Morgan fingerprint density at radius 1 is 1.82 bits per heavy atom. The first-order valence-corrected chi connectivity index (χ1v) is 3.95. The zero-order valence-electron chi connectivity index (χ0n) is 5.57. The van der Waals surface area contributed by atoms with Gasteiger partial charge in [-0.15, -0.1) is 0 Å². The number of allylic oxidation sites excluding steroid dienone is 1. The lowest BCUT2D eigenvalue weighted by Crippen LogP contribution is -2.11. The summed E-state index contributed by atoms with van der Waals surface area (Å²) in [6.45, 7) is 0.686. The molecule has 1 N–H and O–H groups in total. The largest absolute Gasteiger partial charge is 0.373 e. The average molecular weight is 174 g/mol. The van der Waals surface area contributed by atoms with Crippen molar-refractivity contribution in [2.45, 2.75) is 0 Å². The first-order valence-electron chi connectivity index (χ1n) is 2.96. The summed E-state index contributed by atoms with van der Waals surface area (Å²) in [4.78, 5) is 19.7.